The van der Waals surface area contributed by atoms with E-state index in [-0.39, 0.29) is 12.5 Å². The normalized spacial score (nSPS) is 15.1. The number of rotatable bonds is 5. The van der Waals surface area contributed by atoms with Crippen molar-refractivity contribution in [1.82, 2.24) is 15.5 Å². The molecule has 106 valence electrons. The van der Waals surface area contributed by atoms with Crippen molar-refractivity contribution in [2.24, 2.45) is 0 Å². The number of hydrogen-bond acceptors (Lipinski definition) is 3. The molecule has 0 saturated heterocycles. The van der Waals surface area contributed by atoms with Crippen molar-refractivity contribution in [3.05, 3.63) is 17.0 Å². The van der Waals surface area contributed by atoms with Crippen molar-refractivity contribution in [2.75, 3.05) is 6.54 Å². The first kappa shape index (κ1) is 14.1. The molecule has 0 unspecified atom stereocenters. The molecular weight excluding hydrogens is 242 g/mol. The number of amides is 1. The molecular formula is C14H23N3O2. The summed E-state index contributed by atoms with van der Waals surface area (Å²) in [6.07, 6.45) is 5.41. The zero-order valence-corrected chi connectivity index (χ0v) is 11.8. The smallest absolute Gasteiger partial charge is 0.272 e. The first-order valence-electron chi connectivity index (χ1n) is 7.16. The molecule has 1 aromatic rings. The summed E-state index contributed by atoms with van der Waals surface area (Å²) in [6.45, 7) is 4.12. The predicted octanol–water partition coefficient (Wildman–Crippen LogP) is 1.57. The molecule has 3 N–H and O–H groups in total. The quantitative estimate of drug-likeness (QED) is 0.756. The van der Waals surface area contributed by atoms with Crippen LogP contribution in [0.1, 0.15) is 61.3 Å². The zero-order chi connectivity index (χ0) is 13.9. The van der Waals surface area contributed by atoms with E-state index in [2.05, 4.69) is 15.5 Å². The maximum atomic E-state index is 12.2. The molecule has 5 heteroatoms. The third-order valence-corrected chi connectivity index (χ3v) is 4.17. The Hall–Kier alpha value is -1.36. The van der Waals surface area contributed by atoms with Gasteiger partial charge in [0.25, 0.3) is 5.91 Å². The van der Waals surface area contributed by atoms with E-state index in [1.807, 2.05) is 13.8 Å². The van der Waals surface area contributed by atoms with Crippen molar-refractivity contribution < 1.29 is 9.90 Å². The molecule has 1 aliphatic rings. The van der Waals surface area contributed by atoms with Gasteiger partial charge >= 0.3 is 0 Å². The van der Waals surface area contributed by atoms with E-state index < -0.39 is 5.60 Å². The fraction of sp³-hybridized carbons (Fsp3) is 0.714. The van der Waals surface area contributed by atoms with E-state index >= 15 is 0 Å². The molecule has 5 nitrogen and oxygen atoms in total. The van der Waals surface area contributed by atoms with Crippen molar-refractivity contribution in [1.29, 1.82) is 0 Å². The molecule has 0 aromatic carbocycles. The molecule has 0 saturated carbocycles. The van der Waals surface area contributed by atoms with Gasteiger partial charge in [-0.15, -0.1) is 0 Å². The van der Waals surface area contributed by atoms with Crippen LogP contribution in [0.3, 0.4) is 0 Å². The Labute approximate surface area is 113 Å². The van der Waals surface area contributed by atoms with Gasteiger partial charge in [-0.2, -0.15) is 5.10 Å². The Morgan fingerprint density at radius 1 is 1.37 bits per heavy atom. The van der Waals surface area contributed by atoms with Crippen molar-refractivity contribution in [2.45, 2.75) is 58.0 Å². The molecule has 19 heavy (non-hydrogen) atoms. The summed E-state index contributed by atoms with van der Waals surface area (Å²) in [7, 11) is 0. The third-order valence-electron chi connectivity index (χ3n) is 4.17. The van der Waals surface area contributed by atoms with Gasteiger partial charge in [-0.25, -0.2) is 0 Å². The second-order valence-corrected chi connectivity index (χ2v) is 5.35. The van der Waals surface area contributed by atoms with E-state index in [9.17, 15) is 9.90 Å². The zero-order valence-electron chi connectivity index (χ0n) is 11.8. The first-order valence-corrected chi connectivity index (χ1v) is 7.16. The predicted molar refractivity (Wildman–Crippen MR) is 73.1 cm³/mol. The molecule has 0 bridgehead atoms. The summed E-state index contributed by atoms with van der Waals surface area (Å²) in [5, 5.41) is 20.1. The van der Waals surface area contributed by atoms with Crippen molar-refractivity contribution >= 4 is 5.91 Å². The number of aromatic amines is 1. The molecule has 0 atom stereocenters. The van der Waals surface area contributed by atoms with Gasteiger partial charge in [0.15, 0.2) is 5.69 Å². The fourth-order valence-corrected chi connectivity index (χ4v) is 2.50. The van der Waals surface area contributed by atoms with E-state index in [0.29, 0.717) is 18.5 Å². The molecule has 2 rings (SSSR count). The average Bonchev–Trinajstić information content (AvgIpc) is 2.88. The maximum absolute atomic E-state index is 12.2. The monoisotopic (exact) mass is 265 g/mol. The minimum absolute atomic E-state index is 0.181. The molecule has 0 aliphatic heterocycles. The Balaban J connectivity index is 2.02. The average molecular weight is 265 g/mol. The fourth-order valence-electron chi connectivity index (χ4n) is 2.50. The molecule has 0 radical (unpaired) electrons. The lowest BCUT2D eigenvalue weighted by Crippen LogP contribution is -2.42. The minimum Gasteiger partial charge on any atom is -0.388 e. The van der Waals surface area contributed by atoms with Crippen LogP contribution < -0.4 is 5.32 Å². The lowest BCUT2D eigenvalue weighted by Gasteiger charge is -2.25. The lowest BCUT2D eigenvalue weighted by atomic mass is 9.95. The van der Waals surface area contributed by atoms with Crippen LogP contribution in [-0.4, -0.2) is 33.4 Å². The van der Waals surface area contributed by atoms with E-state index in [1.54, 1.807) is 0 Å². The SMILES string of the molecule is CCC(O)(CC)CNC(=O)c1n[nH]c2c1CCCC2. The largest absolute Gasteiger partial charge is 0.388 e. The number of aromatic nitrogens is 2. The summed E-state index contributed by atoms with van der Waals surface area (Å²) < 4.78 is 0. The maximum Gasteiger partial charge on any atom is 0.272 e. The van der Waals surface area contributed by atoms with Gasteiger partial charge in [0.1, 0.15) is 0 Å². The van der Waals surface area contributed by atoms with Crippen LogP contribution in [0.2, 0.25) is 0 Å². The molecule has 1 amide bonds. The highest BCUT2D eigenvalue weighted by atomic mass is 16.3. The van der Waals surface area contributed by atoms with Crippen molar-refractivity contribution in [3.8, 4) is 0 Å². The third kappa shape index (κ3) is 2.97. The topological polar surface area (TPSA) is 78.0 Å². The Morgan fingerprint density at radius 2 is 2.05 bits per heavy atom. The summed E-state index contributed by atoms with van der Waals surface area (Å²) in [5.41, 5.74) is 1.84. The van der Waals surface area contributed by atoms with Gasteiger partial charge in [0.2, 0.25) is 0 Å². The van der Waals surface area contributed by atoms with Crippen LogP contribution in [0.15, 0.2) is 0 Å². The van der Waals surface area contributed by atoms with Gasteiger partial charge in [0, 0.05) is 17.8 Å². The van der Waals surface area contributed by atoms with Crippen LogP contribution in [0, 0.1) is 0 Å². The first-order chi connectivity index (χ1) is 9.09. The highest BCUT2D eigenvalue weighted by Gasteiger charge is 2.26. The van der Waals surface area contributed by atoms with E-state index in [4.69, 9.17) is 0 Å². The van der Waals surface area contributed by atoms with Crippen LogP contribution >= 0.6 is 0 Å². The van der Waals surface area contributed by atoms with Gasteiger partial charge in [-0.05, 0) is 38.5 Å². The second-order valence-electron chi connectivity index (χ2n) is 5.35. The molecule has 1 heterocycles. The molecule has 1 aromatic heterocycles. The van der Waals surface area contributed by atoms with Gasteiger partial charge in [0.05, 0.1) is 5.60 Å². The molecule has 1 aliphatic carbocycles. The van der Waals surface area contributed by atoms with Gasteiger partial charge in [-0.1, -0.05) is 13.8 Å². The van der Waals surface area contributed by atoms with Gasteiger partial charge < -0.3 is 10.4 Å². The molecule has 0 fully saturated rings. The summed E-state index contributed by atoms with van der Waals surface area (Å²) in [6, 6.07) is 0. The van der Waals surface area contributed by atoms with Crippen LogP contribution in [-0.2, 0) is 12.8 Å². The summed E-state index contributed by atoms with van der Waals surface area (Å²) in [5.74, 6) is -0.181. The number of aryl methyl sites for hydroxylation is 1. The lowest BCUT2D eigenvalue weighted by molar-refractivity contribution is 0.0313. The Morgan fingerprint density at radius 3 is 2.74 bits per heavy atom. The number of nitrogens with zero attached hydrogens (tertiary/aromatic N) is 1. The van der Waals surface area contributed by atoms with Crippen LogP contribution in [0.25, 0.3) is 0 Å². The van der Waals surface area contributed by atoms with Crippen LogP contribution in [0.5, 0.6) is 0 Å². The van der Waals surface area contributed by atoms with Crippen molar-refractivity contribution in [3.63, 3.8) is 0 Å². The second kappa shape index (κ2) is 5.74. The number of fused-ring (bicyclic) bond motifs is 1. The minimum atomic E-state index is -0.813. The summed E-state index contributed by atoms with van der Waals surface area (Å²) >= 11 is 0. The number of carbonyl (C=O) groups is 1. The van der Waals surface area contributed by atoms with Gasteiger partial charge in [-0.3, -0.25) is 9.89 Å². The van der Waals surface area contributed by atoms with E-state index in [0.717, 1.165) is 36.9 Å². The highest BCUT2D eigenvalue weighted by Crippen LogP contribution is 2.22. The number of aliphatic hydroxyl groups is 1. The summed E-state index contributed by atoms with van der Waals surface area (Å²) in [4.78, 5) is 12.2. The number of carbonyl (C=O) groups excluding carboxylic acids is 1. The van der Waals surface area contributed by atoms with Crippen LogP contribution in [0.4, 0.5) is 0 Å². The number of hydrogen-bond donors (Lipinski definition) is 3. The standard InChI is InChI=1S/C14H23N3O2/c1-3-14(19,4-2)9-15-13(18)12-10-7-5-6-8-11(10)16-17-12/h19H,3-9H2,1-2H3,(H,15,18)(H,16,17). The number of H-pyrrole nitrogens is 1. The van der Waals surface area contributed by atoms with E-state index in [1.165, 1.54) is 0 Å². The Bertz CT molecular complexity index is 450. The molecule has 0 spiro atoms. The Kier molecular flexibility index (Phi) is 4.24. The number of nitrogens with one attached hydrogen (secondary N) is 2. The highest BCUT2D eigenvalue weighted by molar-refractivity contribution is 5.94.